The molecule has 0 radical (unpaired) electrons. The highest BCUT2D eigenvalue weighted by molar-refractivity contribution is 8.21. The monoisotopic (exact) mass is 553 g/mol. The molecule has 0 saturated carbocycles. The Bertz CT molecular complexity index is 1670. The molecule has 1 unspecified atom stereocenters. The van der Waals surface area contributed by atoms with Crippen molar-refractivity contribution in [3.05, 3.63) is 101 Å². The van der Waals surface area contributed by atoms with Crippen molar-refractivity contribution in [1.29, 1.82) is 0 Å². The Hall–Kier alpha value is -3.67. The van der Waals surface area contributed by atoms with Crippen LogP contribution in [0.4, 0.5) is 17.2 Å². The number of nitrogens with one attached hydrogen (secondary N) is 1. The highest BCUT2D eigenvalue weighted by atomic mass is 32.4. The summed E-state index contributed by atoms with van der Waals surface area (Å²) in [6, 6.07) is 26.8. The topological polar surface area (TPSA) is 54.7 Å². The number of allylic oxidation sites excluding steroid dienone is 2. The van der Waals surface area contributed by atoms with E-state index in [1.165, 1.54) is 16.9 Å². The number of rotatable bonds is 5. The zero-order valence-electron chi connectivity index (χ0n) is 22.8. The molecule has 3 aromatic carbocycles. The molecule has 198 valence electrons. The number of ether oxygens (including phenoxy) is 1. The summed E-state index contributed by atoms with van der Waals surface area (Å²) < 4.78 is 7.61. The summed E-state index contributed by atoms with van der Waals surface area (Å²) in [6.45, 7) is 9.21. The van der Waals surface area contributed by atoms with Gasteiger partial charge in [0.25, 0.3) is 0 Å². The molecule has 3 heterocycles. The van der Waals surface area contributed by atoms with E-state index >= 15 is 0 Å². The van der Waals surface area contributed by atoms with Crippen molar-refractivity contribution in [1.82, 2.24) is 9.78 Å². The summed E-state index contributed by atoms with van der Waals surface area (Å²) in [7, 11) is 2.13. The highest BCUT2D eigenvalue weighted by Crippen LogP contribution is 2.62. The number of aromatic nitrogens is 2. The maximum Gasteiger partial charge on any atom is 0.166 e. The lowest BCUT2D eigenvalue weighted by molar-refractivity contribution is 0.340. The smallest absolute Gasteiger partial charge is 0.166 e. The fourth-order valence-electron chi connectivity index (χ4n) is 5.82. The third-order valence-electron chi connectivity index (χ3n) is 7.53. The molecular formula is C31H32N5OPS. The molecule has 4 aromatic rings. The minimum atomic E-state index is -2.65. The largest absolute Gasteiger partial charge is 0.494 e. The number of nitrogens with zero attached hydrogens (tertiary/aromatic N) is 4. The number of aryl methyl sites for hydroxylation is 1. The van der Waals surface area contributed by atoms with Gasteiger partial charge < -0.3 is 14.7 Å². The molecule has 1 N–H and O–H groups in total. The SMILES string of the molecule is CCOc1ccc(NP2(=S)/C(=C3/N(C)c4ccccc4C3(C)C)C=Nc3c2c(C)nn3-c2ccccc2)cc1. The van der Waals surface area contributed by atoms with Crippen molar-refractivity contribution in [3.63, 3.8) is 0 Å². The summed E-state index contributed by atoms with van der Waals surface area (Å²) in [4.78, 5) is 7.34. The summed E-state index contributed by atoms with van der Waals surface area (Å²) in [6.07, 6.45) is -0.660. The van der Waals surface area contributed by atoms with Crippen molar-refractivity contribution in [2.45, 2.75) is 33.1 Å². The van der Waals surface area contributed by atoms with Gasteiger partial charge in [-0.2, -0.15) is 5.10 Å². The number of hydrogen-bond donors (Lipinski definition) is 1. The molecule has 0 spiro atoms. The van der Waals surface area contributed by atoms with Crippen LogP contribution in [-0.4, -0.2) is 29.6 Å². The maximum absolute atomic E-state index is 6.79. The molecule has 6 rings (SSSR count). The Morgan fingerprint density at radius 2 is 1.67 bits per heavy atom. The van der Waals surface area contributed by atoms with Gasteiger partial charge in [-0.3, -0.25) is 0 Å². The molecule has 2 aliphatic rings. The summed E-state index contributed by atoms with van der Waals surface area (Å²) in [5, 5.41) is 10.9. The Morgan fingerprint density at radius 3 is 2.36 bits per heavy atom. The van der Waals surface area contributed by atoms with Gasteiger partial charge in [-0.05, 0) is 61.9 Å². The van der Waals surface area contributed by atoms with E-state index in [0.29, 0.717) is 6.61 Å². The molecule has 2 aliphatic heterocycles. The lowest BCUT2D eigenvalue weighted by Gasteiger charge is -2.35. The number of fused-ring (bicyclic) bond motifs is 2. The first-order valence-electron chi connectivity index (χ1n) is 13.1. The van der Waals surface area contributed by atoms with Crippen LogP contribution in [0.2, 0.25) is 0 Å². The van der Waals surface area contributed by atoms with E-state index in [9.17, 15) is 0 Å². The van der Waals surface area contributed by atoms with E-state index in [4.69, 9.17) is 26.6 Å². The lowest BCUT2D eigenvalue weighted by atomic mass is 9.84. The molecule has 1 atom stereocenters. The zero-order chi connectivity index (χ0) is 27.4. The first kappa shape index (κ1) is 25.6. The van der Waals surface area contributed by atoms with Gasteiger partial charge in [-0.1, -0.05) is 62.1 Å². The predicted molar refractivity (Wildman–Crippen MR) is 167 cm³/mol. The fourth-order valence-corrected chi connectivity index (χ4v) is 10.0. The quantitative estimate of drug-likeness (QED) is 0.268. The molecule has 6 nitrogen and oxygen atoms in total. The number of benzene rings is 3. The van der Waals surface area contributed by atoms with E-state index < -0.39 is 6.19 Å². The molecular weight excluding hydrogens is 521 g/mol. The first-order valence-corrected chi connectivity index (χ1v) is 16.0. The molecule has 1 aromatic heterocycles. The normalized spacial score (nSPS) is 21.0. The second-order valence-corrected chi connectivity index (χ2v) is 14.4. The van der Waals surface area contributed by atoms with Gasteiger partial charge in [0, 0.05) is 41.1 Å². The van der Waals surface area contributed by atoms with Gasteiger partial charge in [0.1, 0.15) is 5.75 Å². The van der Waals surface area contributed by atoms with Gasteiger partial charge in [0.15, 0.2) is 5.82 Å². The summed E-state index contributed by atoms with van der Waals surface area (Å²) >= 11 is 6.79. The summed E-state index contributed by atoms with van der Waals surface area (Å²) in [5.74, 6) is 1.63. The summed E-state index contributed by atoms with van der Waals surface area (Å²) in [5.41, 5.74) is 6.20. The lowest BCUT2D eigenvalue weighted by Crippen LogP contribution is -2.29. The minimum absolute atomic E-state index is 0.252. The number of anilines is 2. The van der Waals surface area contributed by atoms with Gasteiger partial charge in [0.2, 0.25) is 0 Å². The third kappa shape index (κ3) is 4.03. The van der Waals surface area contributed by atoms with E-state index in [-0.39, 0.29) is 5.41 Å². The van der Waals surface area contributed by atoms with Crippen molar-refractivity contribution < 1.29 is 4.74 Å². The van der Waals surface area contributed by atoms with Crippen LogP contribution in [0.5, 0.6) is 5.75 Å². The molecule has 0 bridgehead atoms. The van der Waals surface area contributed by atoms with Gasteiger partial charge in [0.05, 0.1) is 29.5 Å². The van der Waals surface area contributed by atoms with Gasteiger partial charge in [-0.25, -0.2) is 9.67 Å². The minimum Gasteiger partial charge on any atom is -0.494 e. The molecule has 0 saturated heterocycles. The Balaban J connectivity index is 1.59. The highest BCUT2D eigenvalue weighted by Gasteiger charge is 2.45. The Kier molecular flexibility index (Phi) is 6.24. The zero-order valence-corrected chi connectivity index (χ0v) is 24.6. The molecule has 8 heteroatoms. The van der Waals surface area contributed by atoms with Crippen molar-refractivity contribution in [3.8, 4) is 11.4 Å². The predicted octanol–water partition coefficient (Wildman–Crippen LogP) is 7.07. The first-order chi connectivity index (χ1) is 18.8. The molecule has 0 aliphatic carbocycles. The van der Waals surface area contributed by atoms with E-state index in [2.05, 4.69) is 55.1 Å². The van der Waals surface area contributed by atoms with Crippen molar-refractivity contribution in [2.75, 3.05) is 23.6 Å². The van der Waals surface area contributed by atoms with Crippen LogP contribution in [0, 0.1) is 6.92 Å². The molecule has 39 heavy (non-hydrogen) atoms. The van der Waals surface area contributed by atoms with E-state index in [0.717, 1.165) is 39.3 Å². The second-order valence-electron chi connectivity index (χ2n) is 10.4. The van der Waals surface area contributed by atoms with E-state index in [1.807, 2.05) is 79.3 Å². The number of hydrogen-bond acceptors (Lipinski definition) is 5. The van der Waals surface area contributed by atoms with Crippen molar-refractivity contribution in [2.24, 2.45) is 4.99 Å². The number of aliphatic imine (C=N–C) groups is 1. The van der Waals surface area contributed by atoms with Crippen LogP contribution in [0.3, 0.4) is 0 Å². The maximum atomic E-state index is 6.79. The van der Waals surface area contributed by atoms with Crippen LogP contribution >= 0.6 is 6.19 Å². The average molecular weight is 554 g/mol. The van der Waals surface area contributed by atoms with E-state index in [1.54, 1.807) is 0 Å². The second kappa shape index (κ2) is 9.51. The number of para-hydroxylation sites is 2. The van der Waals surface area contributed by atoms with Crippen LogP contribution < -0.4 is 20.0 Å². The average Bonchev–Trinajstić information content (AvgIpc) is 3.38. The number of likely N-dealkylation sites (N-methyl/N-ethyl adjacent to an activating group) is 1. The van der Waals surface area contributed by atoms with Crippen LogP contribution in [0.1, 0.15) is 32.0 Å². The van der Waals surface area contributed by atoms with Crippen LogP contribution in [0.15, 0.2) is 94.9 Å². The van der Waals surface area contributed by atoms with Gasteiger partial charge >= 0.3 is 0 Å². The Morgan fingerprint density at radius 1 is 0.974 bits per heavy atom. The van der Waals surface area contributed by atoms with Gasteiger partial charge in [-0.15, -0.1) is 0 Å². The standard InChI is InChI=1S/C31H32N5OPS/c1-6-37-24-18-16-22(17-19-24)34-38(39)27(29-31(3,4)25-14-10-11-15-26(25)35(29)5)20-32-30-28(38)21(2)33-36(30)23-12-8-7-9-13-23/h7-20H,6H2,1-5H3,(H,34,39)/b29-27+. The Labute approximate surface area is 235 Å². The third-order valence-corrected chi connectivity index (χ3v) is 11.7. The fraction of sp³-hybridized carbons (Fsp3) is 0.226. The molecule has 0 amide bonds. The van der Waals surface area contributed by atoms with Crippen LogP contribution in [-0.2, 0) is 17.2 Å². The van der Waals surface area contributed by atoms with Crippen molar-refractivity contribution >= 4 is 46.7 Å². The molecule has 0 fully saturated rings. The van der Waals surface area contributed by atoms with Crippen LogP contribution in [0.25, 0.3) is 5.69 Å².